The van der Waals surface area contributed by atoms with Gasteiger partial charge >= 0.3 is 41.9 Å². The summed E-state index contributed by atoms with van der Waals surface area (Å²) in [7, 11) is 0. The second-order valence-corrected chi connectivity index (χ2v) is 26.1. The minimum atomic E-state index is 0. The number of rotatable bonds is 10. The van der Waals surface area contributed by atoms with E-state index in [0.29, 0.717) is 0 Å². The Morgan fingerprint density at radius 2 is 0.636 bits per heavy atom. The first kappa shape index (κ1) is 50.1. The Bertz CT molecular complexity index is 2880. The first-order chi connectivity index (χ1) is 31.4. The van der Waals surface area contributed by atoms with Crippen LogP contribution in [0.4, 0.5) is 0 Å². The number of aryl methyl sites for hydroxylation is 2. The molecule has 10 aromatic carbocycles. The van der Waals surface area contributed by atoms with E-state index in [1.54, 1.807) is 23.3 Å². The maximum atomic E-state index is 2.41. The molecule has 0 aliphatic rings. The van der Waals surface area contributed by atoms with E-state index in [0.717, 1.165) is 25.7 Å². The van der Waals surface area contributed by atoms with E-state index in [2.05, 4.69) is 245 Å². The van der Waals surface area contributed by atoms with E-state index in [-0.39, 0.29) is 30.2 Å². The van der Waals surface area contributed by atoms with E-state index in [9.17, 15) is 0 Å². The molecular formula is C62H56Cl2SiZr-2. The predicted molar refractivity (Wildman–Crippen MR) is 277 cm³/mol. The van der Waals surface area contributed by atoms with Crippen molar-refractivity contribution in [1.82, 2.24) is 0 Å². The second-order valence-electron chi connectivity index (χ2n) is 16.8. The van der Waals surface area contributed by atoms with Crippen LogP contribution in [0.1, 0.15) is 37.8 Å². The standard InChI is InChI=1S/2C30H25.C2H6Si.2ClH.Zr/c2*1-2-11-22-20-25-18-19-27(24-14-7-4-8-15-24)30(29(25)21-22)28-17-10-9-16-26(28)23-12-5-3-6-13-23;1-3-2;;;/h2*3-10,12-21H,2,11H2,1H3;1-2H3;2*1H;/q2*-1;;;;+2/p-2. The number of benzene rings is 8. The van der Waals surface area contributed by atoms with Crippen LogP contribution in [0.25, 0.3) is 88.3 Å². The summed E-state index contributed by atoms with van der Waals surface area (Å²) in [6.45, 7) is 9.11. The van der Waals surface area contributed by atoms with Crippen LogP contribution in [-0.2, 0) is 36.2 Å². The van der Waals surface area contributed by atoms with E-state index < -0.39 is 0 Å². The molecular weight excluding hydrogens is 935 g/mol. The maximum Gasteiger partial charge on any atom is -1.00 e. The van der Waals surface area contributed by atoms with Crippen LogP contribution in [0, 0.1) is 0 Å². The molecule has 0 saturated carbocycles. The van der Waals surface area contributed by atoms with Crippen molar-refractivity contribution in [1.29, 1.82) is 0 Å². The number of hydrogen-bond acceptors (Lipinski definition) is 0. The minimum absolute atomic E-state index is 0. The second kappa shape index (κ2) is 24.4. The summed E-state index contributed by atoms with van der Waals surface area (Å²) in [4.78, 5) is 0. The van der Waals surface area contributed by atoms with Crippen molar-refractivity contribution in [2.45, 2.75) is 52.6 Å². The first-order valence-electron chi connectivity index (χ1n) is 22.8. The van der Waals surface area contributed by atoms with Crippen LogP contribution in [0.3, 0.4) is 0 Å². The molecule has 0 aliphatic carbocycles. The molecule has 0 aliphatic heterocycles. The van der Waals surface area contributed by atoms with Gasteiger partial charge in [0.25, 0.3) is 0 Å². The third kappa shape index (κ3) is 11.8. The van der Waals surface area contributed by atoms with Gasteiger partial charge in [-0.25, -0.2) is 0 Å². The Labute approximate surface area is 420 Å². The van der Waals surface area contributed by atoms with Gasteiger partial charge in [0.1, 0.15) is 0 Å². The zero-order chi connectivity index (χ0) is 44.3. The van der Waals surface area contributed by atoms with E-state index in [4.69, 9.17) is 0 Å². The Morgan fingerprint density at radius 1 is 0.364 bits per heavy atom. The molecule has 0 amide bonds. The van der Waals surface area contributed by atoms with Crippen LogP contribution < -0.4 is 24.8 Å². The fraction of sp³-hybridized carbons (Fsp3) is 0.129. The van der Waals surface area contributed by atoms with Crippen molar-refractivity contribution in [2.75, 3.05) is 0 Å². The van der Waals surface area contributed by atoms with E-state index >= 15 is 0 Å². The van der Waals surface area contributed by atoms with Crippen LogP contribution in [0.15, 0.2) is 218 Å². The average Bonchev–Trinajstić information content (AvgIpc) is 3.96. The summed E-state index contributed by atoms with van der Waals surface area (Å²) < 4.78 is 0. The van der Waals surface area contributed by atoms with Gasteiger partial charge in [-0.2, -0.15) is 12.1 Å². The molecule has 4 heteroatoms. The molecule has 0 aromatic heterocycles. The molecule has 0 nitrogen and oxygen atoms in total. The van der Waals surface area contributed by atoms with Crippen molar-refractivity contribution < 1.29 is 48.1 Å². The zero-order valence-electron chi connectivity index (χ0n) is 38.4. The zero-order valence-corrected chi connectivity index (χ0v) is 43.3. The molecule has 0 saturated heterocycles. The van der Waals surface area contributed by atoms with Gasteiger partial charge in [-0.05, 0) is 68.5 Å². The molecule has 0 spiro atoms. The Hall–Kier alpha value is -5.34. The molecule has 328 valence electrons. The molecule has 0 atom stereocenters. The fourth-order valence-corrected chi connectivity index (χ4v) is 8.99. The van der Waals surface area contributed by atoms with Crippen molar-refractivity contribution >= 4 is 27.0 Å². The summed E-state index contributed by atoms with van der Waals surface area (Å²) in [5.41, 5.74) is 18.5. The third-order valence-electron chi connectivity index (χ3n) is 11.7. The normalized spacial score (nSPS) is 10.5. The van der Waals surface area contributed by atoms with Gasteiger partial charge in [0.05, 0.1) is 0 Å². The summed E-state index contributed by atoms with van der Waals surface area (Å²) >= 11 is 1.74. The molecule has 0 heterocycles. The molecule has 0 unspecified atom stereocenters. The van der Waals surface area contributed by atoms with Gasteiger partial charge in [0.2, 0.25) is 0 Å². The van der Waals surface area contributed by atoms with Crippen molar-refractivity contribution in [3.05, 3.63) is 230 Å². The SMILES string of the molecule is CCCc1cc2c(-c3ccccc3-c3ccccc3)c(-c3ccccc3)ccc2[cH-]1.CCCc1cc2c(-c3ccccc3-c3ccccc3)c(-c3ccccc3)ccc2[cH-]1.C[Si](C)=[Zr+2].[Cl-].[Cl-]. The molecule has 0 fully saturated rings. The fourth-order valence-electron chi connectivity index (χ4n) is 8.99. The molecule has 10 aromatic rings. The van der Waals surface area contributed by atoms with Gasteiger partial charge in [0.15, 0.2) is 0 Å². The largest absolute Gasteiger partial charge is 1.00 e. The number of hydrogen-bond donors (Lipinski definition) is 0. The van der Waals surface area contributed by atoms with Crippen LogP contribution >= 0.6 is 0 Å². The van der Waals surface area contributed by atoms with Gasteiger partial charge in [-0.3, -0.25) is 0 Å². The van der Waals surface area contributed by atoms with Crippen molar-refractivity contribution in [3.63, 3.8) is 0 Å². The Morgan fingerprint density at radius 3 is 0.939 bits per heavy atom. The summed E-state index contributed by atoms with van der Waals surface area (Å²) in [6.07, 6.45) is 4.57. The Kier molecular flexibility index (Phi) is 18.5. The Balaban J connectivity index is 0.000000196. The summed E-state index contributed by atoms with van der Waals surface area (Å²) in [5.74, 6) is 0. The van der Waals surface area contributed by atoms with Gasteiger partial charge in [0, 0.05) is 0 Å². The minimum Gasteiger partial charge on any atom is -1.00 e. The van der Waals surface area contributed by atoms with Crippen LogP contribution in [-0.4, -0.2) is 5.43 Å². The third-order valence-corrected chi connectivity index (χ3v) is 11.7. The molecule has 66 heavy (non-hydrogen) atoms. The average molecular weight is 991 g/mol. The predicted octanol–water partition coefficient (Wildman–Crippen LogP) is 11.8. The van der Waals surface area contributed by atoms with Gasteiger partial charge < -0.3 is 24.8 Å². The quantitative estimate of drug-likeness (QED) is 0.0946. The van der Waals surface area contributed by atoms with Crippen LogP contribution in [0.5, 0.6) is 0 Å². The van der Waals surface area contributed by atoms with Gasteiger partial charge in [-0.15, -0.1) is 56.9 Å². The smallest absolute Gasteiger partial charge is 1.00 e. The molecule has 10 rings (SSSR count). The topological polar surface area (TPSA) is 0 Å². The van der Waals surface area contributed by atoms with E-state index in [1.165, 1.54) is 99.4 Å². The van der Waals surface area contributed by atoms with Crippen molar-refractivity contribution in [2.24, 2.45) is 0 Å². The number of fused-ring (bicyclic) bond motifs is 2. The summed E-state index contributed by atoms with van der Waals surface area (Å²) in [5, 5.41) is 5.36. The van der Waals surface area contributed by atoms with E-state index in [1.807, 2.05) is 0 Å². The molecule has 0 N–H and O–H groups in total. The number of halogens is 2. The maximum absolute atomic E-state index is 2.41. The monoisotopic (exact) mass is 988 g/mol. The molecule has 0 bridgehead atoms. The summed E-state index contributed by atoms with van der Waals surface area (Å²) in [6, 6.07) is 79.3. The van der Waals surface area contributed by atoms with Crippen molar-refractivity contribution in [3.8, 4) is 66.8 Å². The first-order valence-corrected chi connectivity index (χ1v) is 29.0. The van der Waals surface area contributed by atoms with Gasteiger partial charge in [-0.1, -0.05) is 220 Å². The van der Waals surface area contributed by atoms with Crippen LogP contribution in [0.2, 0.25) is 13.1 Å². The molecule has 0 radical (unpaired) electrons.